The number of carbonyl (C=O) groups is 3. The molecule has 0 aliphatic heterocycles. The van der Waals surface area contributed by atoms with Crippen LogP contribution in [0.15, 0.2) is 23.8 Å². The van der Waals surface area contributed by atoms with Crippen molar-refractivity contribution in [3.05, 3.63) is 23.8 Å². The van der Waals surface area contributed by atoms with E-state index in [1.807, 2.05) is 0 Å². The molecule has 4 aliphatic rings. The van der Waals surface area contributed by atoms with Crippen molar-refractivity contribution in [2.45, 2.75) is 76.1 Å². The number of rotatable bonds is 4. The first kappa shape index (κ1) is 25.8. The van der Waals surface area contributed by atoms with Gasteiger partial charge in [0, 0.05) is 29.1 Å². The Bertz CT molecular complexity index is 986. The lowest BCUT2D eigenvalue weighted by molar-refractivity contribution is -0.224. The van der Waals surface area contributed by atoms with Crippen LogP contribution in [0, 0.1) is 28.6 Å². The minimum absolute atomic E-state index is 0.0244. The third-order valence-corrected chi connectivity index (χ3v) is 10.3. The van der Waals surface area contributed by atoms with Crippen LogP contribution < -0.4 is 0 Å². The van der Waals surface area contributed by atoms with E-state index in [9.17, 15) is 23.9 Å². The lowest BCUT2D eigenvalue weighted by Crippen LogP contribution is -2.70. The smallest absolute Gasteiger partial charge is 0.306 e. The summed E-state index contributed by atoms with van der Waals surface area (Å²) in [6.45, 7) is 6.78. The lowest BCUT2D eigenvalue weighted by atomic mass is 9.44. The number of esters is 1. The zero-order valence-electron chi connectivity index (χ0n) is 19.8. The third-order valence-electron chi connectivity index (χ3n) is 9.22. The summed E-state index contributed by atoms with van der Waals surface area (Å²) in [5.41, 5.74) is -5.82. The van der Waals surface area contributed by atoms with Gasteiger partial charge in [0.2, 0.25) is 5.12 Å². The maximum Gasteiger partial charge on any atom is 0.306 e. The fourth-order valence-electron chi connectivity index (χ4n) is 7.63. The summed E-state index contributed by atoms with van der Waals surface area (Å²) in [5, 5.41) is 10.2. The fraction of sp³-hybridized carbons (Fsp3) is 0.720. The Kier molecular flexibility index (Phi) is 6.39. The number of ketones is 1. The minimum Gasteiger partial charge on any atom is -0.449 e. The van der Waals surface area contributed by atoms with Crippen molar-refractivity contribution in [3.8, 4) is 0 Å². The number of hydrogen-bond acceptors (Lipinski definition) is 6. The lowest BCUT2D eigenvalue weighted by Gasteiger charge is -2.63. The largest absolute Gasteiger partial charge is 0.449 e. The Morgan fingerprint density at radius 2 is 1.97 bits per heavy atom. The van der Waals surface area contributed by atoms with E-state index < -0.39 is 68.4 Å². The molecule has 0 aromatic heterocycles. The van der Waals surface area contributed by atoms with Gasteiger partial charge < -0.3 is 9.84 Å². The van der Waals surface area contributed by atoms with Gasteiger partial charge in [-0.1, -0.05) is 26.8 Å². The van der Waals surface area contributed by atoms with Crippen LogP contribution in [0.4, 0.5) is 8.78 Å². The number of allylic oxidation sites excluding steroid dienone is 4. The van der Waals surface area contributed by atoms with Crippen LogP contribution in [0.3, 0.4) is 0 Å². The highest BCUT2D eigenvalue weighted by molar-refractivity contribution is 8.13. The molecule has 1 N–H and O–H groups in total. The van der Waals surface area contributed by atoms with Crippen molar-refractivity contribution in [3.63, 3.8) is 0 Å². The Hall–Kier alpha value is -1.25. The van der Waals surface area contributed by atoms with E-state index in [-0.39, 0.29) is 25.0 Å². The second kappa shape index (κ2) is 8.41. The van der Waals surface area contributed by atoms with Gasteiger partial charge in [-0.05, 0) is 61.6 Å². The van der Waals surface area contributed by atoms with E-state index in [4.69, 9.17) is 16.3 Å². The molecule has 0 radical (unpaired) electrons. The first-order chi connectivity index (χ1) is 15.8. The molecule has 0 amide bonds. The molecular formula is C25H31ClF2O5S. The molecule has 9 heteroatoms. The summed E-state index contributed by atoms with van der Waals surface area (Å²) in [6.07, 6.45) is 3.04. The Labute approximate surface area is 207 Å². The van der Waals surface area contributed by atoms with E-state index in [0.717, 1.165) is 0 Å². The molecule has 3 fully saturated rings. The van der Waals surface area contributed by atoms with Crippen molar-refractivity contribution >= 4 is 40.2 Å². The van der Waals surface area contributed by atoms with E-state index in [1.54, 1.807) is 27.7 Å². The molecule has 5 nitrogen and oxygen atoms in total. The van der Waals surface area contributed by atoms with Gasteiger partial charge in [-0.15, -0.1) is 11.6 Å². The molecule has 3 saturated carbocycles. The zero-order valence-corrected chi connectivity index (χ0v) is 21.3. The first-order valence-electron chi connectivity index (χ1n) is 11.7. The van der Waals surface area contributed by atoms with Gasteiger partial charge in [-0.25, -0.2) is 8.78 Å². The summed E-state index contributed by atoms with van der Waals surface area (Å²) < 4.78 is 36.5. The summed E-state index contributed by atoms with van der Waals surface area (Å²) >= 11 is 7.17. The summed E-state index contributed by atoms with van der Waals surface area (Å²) in [4.78, 5) is 38.0. The number of carbonyl (C=O) groups excluding carboxylic acids is 3. The first-order valence-corrected chi connectivity index (χ1v) is 13.2. The van der Waals surface area contributed by atoms with Gasteiger partial charge >= 0.3 is 5.97 Å². The number of aliphatic hydroxyl groups is 1. The van der Waals surface area contributed by atoms with Crippen LogP contribution in [-0.2, 0) is 19.1 Å². The van der Waals surface area contributed by atoms with Crippen LogP contribution >= 0.6 is 23.4 Å². The van der Waals surface area contributed by atoms with Crippen molar-refractivity contribution in [1.82, 2.24) is 0 Å². The molecule has 9 atom stereocenters. The minimum atomic E-state index is -2.15. The van der Waals surface area contributed by atoms with Gasteiger partial charge in [0.15, 0.2) is 17.1 Å². The van der Waals surface area contributed by atoms with Crippen LogP contribution in [0.1, 0.15) is 53.4 Å². The van der Waals surface area contributed by atoms with Gasteiger partial charge in [-0.3, -0.25) is 14.4 Å². The SMILES string of the molecule is CCC(=O)OC1(C(=O)SCF)C(C)CC2C3CC(Cl)C4=CC(=O)C=CC4(C)C3(F)C(O)CC21C. The quantitative estimate of drug-likeness (QED) is 0.431. The number of thioether (sulfide) groups is 1. The van der Waals surface area contributed by atoms with Gasteiger partial charge in [0.05, 0.1) is 11.5 Å². The summed E-state index contributed by atoms with van der Waals surface area (Å²) in [7, 11) is 0. The second-order valence-electron chi connectivity index (χ2n) is 10.6. The van der Waals surface area contributed by atoms with E-state index >= 15 is 4.39 Å². The van der Waals surface area contributed by atoms with Crippen molar-refractivity contribution in [2.75, 3.05) is 6.01 Å². The maximum absolute atomic E-state index is 17.3. The average Bonchev–Trinajstić information content (AvgIpc) is 2.99. The molecule has 4 aliphatic carbocycles. The van der Waals surface area contributed by atoms with E-state index in [2.05, 4.69) is 0 Å². The van der Waals surface area contributed by atoms with Crippen LogP contribution in [0.25, 0.3) is 0 Å². The number of aliphatic hydroxyl groups excluding tert-OH is 1. The number of alkyl halides is 3. The van der Waals surface area contributed by atoms with Crippen molar-refractivity contribution < 1.29 is 33.0 Å². The average molecular weight is 517 g/mol. The predicted molar refractivity (Wildman–Crippen MR) is 126 cm³/mol. The predicted octanol–water partition coefficient (Wildman–Crippen LogP) is 4.70. The van der Waals surface area contributed by atoms with Gasteiger partial charge in [-0.2, -0.15) is 0 Å². The number of fused-ring (bicyclic) bond motifs is 5. The van der Waals surface area contributed by atoms with Crippen LogP contribution in [-0.4, -0.2) is 50.7 Å². The molecule has 34 heavy (non-hydrogen) atoms. The molecule has 0 aromatic carbocycles. The molecular weight excluding hydrogens is 486 g/mol. The highest BCUT2D eigenvalue weighted by Crippen LogP contribution is 2.72. The zero-order chi connectivity index (χ0) is 25.3. The van der Waals surface area contributed by atoms with Crippen molar-refractivity contribution in [1.29, 1.82) is 0 Å². The molecule has 0 spiro atoms. The molecule has 0 aromatic rings. The van der Waals surface area contributed by atoms with Crippen LogP contribution in [0.2, 0.25) is 0 Å². The van der Waals surface area contributed by atoms with Crippen LogP contribution in [0.5, 0.6) is 0 Å². The Morgan fingerprint density at radius 3 is 2.59 bits per heavy atom. The summed E-state index contributed by atoms with van der Waals surface area (Å²) in [6, 6.07) is -0.981. The molecule has 0 saturated heterocycles. The van der Waals surface area contributed by atoms with Crippen molar-refractivity contribution in [2.24, 2.45) is 28.6 Å². The molecule has 4 rings (SSSR count). The standard InChI is InChI=1S/C25H31ClF2O5S/c1-5-20(31)33-25(21(32)34-12-27)13(2)8-15-16-10-18(26)17-9-14(29)6-7-22(17,3)24(16,28)19(30)11-23(15,25)4/h6-7,9,13,15-16,18-19,30H,5,8,10-12H2,1-4H3. The topological polar surface area (TPSA) is 80.7 Å². The number of halogens is 3. The fourth-order valence-corrected chi connectivity index (χ4v) is 8.90. The monoisotopic (exact) mass is 516 g/mol. The van der Waals surface area contributed by atoms with Gasteiger partial charge in [0.1, 0.15) is 6.01 Å². The second-order valence-corrected chi connectivity index (χ2v) is 12.0. The normalized spacial score (nSPS) is 47.4. The molecule has 0 heterocycles. The highest BCUT2D eigenvalue weighted by atomic mass is 35.5. The maximum atomic E-state index is 17.3. The third kappa shape index (κ3) is 3.10. The highest BCUT2D eigenvalue weighted by Gasteiger charge is 2.78. The molecule has 0 bridgehead atoms. The number of hydrogen-bond donors (Lipinski definition) is 1. The van der Waals surface area contributed by atoms with E-state index in [1.165, 1.54) is 18.2 Å². The summed E-state index contributed by atoms with van der Waals surface area (Å²) in [5.74, 6) is -2.62. The molecule has 9 unspecified atom stereocenters. The van der Waals surface area contributed by atoms with E-state index in [0.29, 0.717) is 23.8 Å². The van der Waals surface area contributed by atoms with Gasteiger partial charge in [0.25, 0.3) is 0 Å². The Balaban J connectivity index is 1.87. The Morgan fingerprint density at radius 1 is 1.29 bits per heavy atom. The number of ether oxygens (including phenoxy) is 1. The molecule has 188 valence electrons.